The Balaban J connectivity index is 4.76. The third kappa shape index (κ3) is 4.16. The van der Waals surface area contributed by atoms with Gasteiger partial charge in [0.05, 0.1) is 10.8 Å². The molecule has 0 fully saturated rings. The van der Waals surface area contributed by atoms with E-state index in [0.29, 0.717) is 0 Å². The summed E-state index contributed by atoms with van der Waals surface area (Å²) in [6.45, 7) is 3.03. The van der Waals surface area contributed by atoms with Crippen LogP contribution in [0.25, 0.3) is 0 Å². The smallest absolute Gasteiger partial charge is 0.321 e. The van der Waals surface area contributed by atoms with Gasteiger partial charge in [0.25, 0.3) is 0 Å². The molecular formula is C10H14Cl4O3. The van der Waals surface area contributed by atoms with E-state index in [-0.39, 0.29) is 23.5 Å². The van der Waals surface area contributed by atoms with E-state index in [2.05, 4.69) is 0 Å². The lowest BCUT2D eigenvalue weighted by Gasteiger charge is -2.25. The van der Waals surface area contributed by atoms with Crippen molar-refractivity contribution in [1.82, 2.24) is 0 Å². The minimum absolute atomic E-state index is 0.0406. The van der Waals surface area contributed by atoms with Crippen LogP contribution < -0.4 is 0 Å². The van der Waals surface area contributed by atoms with E-state index >= 15 is 0 Å². The molecule has 0 saturated carbocycles. The fourth-order valence-corrected chi connectivity index (χ4v) is 1.63. The Bertz CT molecular complexity index is 257. The summed E-state index contributed by atoms with van der Waals surface area (Å²) in [5.74, 6) is -1.70. The predicted molar refractivity (Wildman–Crippen MR) is 70.2 cm³/mol. The molecule has 0 rings (SSSR count). The topological polar surface area (TPSA) is 43.4 Å². The second kappa shape index (κ2) is 7.03. The van der Waals surface area contributed by atoms with Gasteiger partial charge >= 0.3 is 11.9 Å². The molecule has 0 radical (unpaired) electrons. The maximum absolute atomic E-state index is 11.7. The van der Waals surface area contributed by atoms with Crippen molar-refractivity contribution in [2.24, 2.45) is 10.8 Å². The van der Waals surface area contributed by atoms with E-state index < -0.39 is 22.8 Å². The van der Waals surface area contributed by atoms with Crippen LogP contribution in [0.1, 0.15) is 13.8 Å². The lowest BCUT2D eigenvalue weighted by Crippen LogP contribution is -2.41. The zero-order valence-corrected chi connectivity index (χ0v) is 12.6. The molecule has 0 aromatic carbocycles. The molecule has 0 N–H and O–H groups in total. The fourth-order valence-electron chi connectivity index (χ4n) is 0.620. The number of carbonyl (C=O) groups is 2. The van der Waals surface area contributed by atoms with Gasteiger partial charge in [0.15, 0.2) is 0 Å². The number of ether oxygens (including phenoxy) is 1. The van der Waals surface area contributed by atoms with E-state index in [0.717, 1.165) is 0 Å². The molecule has 0 bridgehead atoms. The van der Waals surface area contributed by atoms with Crippen LogP contribution in [-0.2, 0) is 14.3 Å². The van der Waals surface area contributed by atoms with Crippen LogP contribution in [0.4, 0.5) is 0 Å². The Morgan fingerprint density at radius 1 is 0.824 bits per heavy atom. The molecule has 3 nitrogen and oxygen atoms in total. The number of hydrogen-bond donors (Lipinski definition) is 0. The summed E-state index contributed by atoms with van der Waals surface area (Å²) < 4.78 is 4.73. The quantitative estimate of drug-likeness (QED) is 0.429. The first kappa shape index (κ1) is 17.3. The monoisotopic (exact) mass is 322 g/mol. The van der Waals surface area contributed by atoms with Gasteiger partial charge in [-0.1, -0.05) is 0 Å². The maximum atomic E-state index is 11.7. The normalized spacial score (nSPS) is 12.4. The second-order valence-corrected chi connectivity index (χ2v) is 5.40. The maximum Gasteiger partial charge on any atom is 0.321 e. The highest BCUT2D eigenvalue weighted by Crippen LogP contribution is 2.27. The highest BCUT2D eigenvalue weighted by molar-refractivity contribution is 6.25. The first-order valence-electron chi connectivity index (χ1n) is 4.80. The molecule has 0 atom stereocenters. The first-order chi connectivity index (χ1) is 7.79. The first-order valence-corrected chi connectivity index (χ1v) is 6.94. The molecule has 0 aliphatic heterocycles. The largest absolute Gasteiger partial charge is 0.392 e. The SMILES string of the molecule is CC(CCl)(CCl)C(=O)OC(=O)C(C)(CCl)CCl. The zero-order valence-electron chi connectivity index (χ0n) is 9.57. The number of alkyl halides is 4. The lowest BCUT2D eigenvalue weighted by atomic mass is 9.94. The Hall–Kier alpha value is 0.300. The third-order valence-corrected chi connectivity index (χ3v) is 4.71. The van der Waals surface area contributed by atoms with E-state index in [1.165, 1.54) is 13.8 Å². The number of hydrogen-bond acceptors (Lipinski definition) is 3. The van der Waals surface area contributed by atoms with Crippen LogP contribution in [-0.4, -0.2) is 35.5 Å². The van der Waals surface area contributed by atoms with Gasteiger partial charge in [0.1, 0.15) is 0 Å². The van der Waals surface area contributed by atoms with E-state index in [9.17, 15) is 9.59 Å². The van der Waals surface area contributed by atoms with Crippen molar-refractivity contribution in [3.8, 4) is 0 Å². The van der Waals surface area contributed by atoms with Crippen molar-refractivity contribution in [3.63, 3.8) is 0 Å². The average Bonchev–Trinajstić information content (AvgIpc) is 2.36. The molecule has 0 heterocycles. The van der Waals surface area contributed by atoms with Gasteiger partial charge in [0, 0.05) is 23.5 Å². The Labute approximate surface area is 121 Å². The molecule has 100 valence electrons. The Kier molecular flexibility index (Phi) is 7.15. The van der Waals surface area contributed by atoms with Gasteiger partial charge in [0.2, 0.25) is 0 Å². The molecule has 0 amide bonds. The van der Waals surface area contributed by atoms with Gasteiger partial charge in [-0.05, 0) is 13.8 Å². The third-order valence-electron chi connectivity index (χ3n) is 2.35. The number of halogens is 4. The van der Waals surface area contributed by atoms with E-state index in [4.69, 9.17) is 51.1 Å². The van der Waals surface area contributed by atoms with Gasteiger partial charge < -0.3 is 4.74 Å². The standard InChI is InChI=1S/C10H14Cl4O3/c1-9(3-11,4-12)7(15)17-8(16)10(2,5-13)6-14/h3-6H2,1-2H3. The van der Waals surface area contributed by atoms with Gasteiger partial charge in [-0.3, -0.25) is 9.59 Å². The summed E-state index contributed by atoms with van der Waals surface area (Å²) in [6.07, 6.45) is 0. The highest BCUT2D eigenvalue weighted by Gasteiger charge is 2.40. The number of carbonyl (C=O) groups excluding carboxylic acids is 2. The predicted octanol–water partition coefficient (Wildman–Crippen LogP) is 3.02. The summed E-state index contributed by atoms with van der Waals surface area (Å²) in [5.41, 5.74) is -2.20. The summed E-state index contributed by atoms with van der Waals surface area (Å²) in [5, 5.41) is 0. The van der Waals surface area contributed by atoms with E-state index in [1.807, 2.05) is 0 Å². The van der Waals surface area contributed by atoms with Gasteiger partial charge in [-0.2, -0.15) is 0 Å². The van der Waals surface area contributed by atoms with Crippen LogP contribution in [0, 0.1) is 10.8 Å². The summed E-state index contributed by atoms with van der Waals surface area (Å²) in [6, 6.07) is 0. The Morgan fingerprint density at radius 2 is 1.06 bits per heavy atom. The van der Waals surface area contributed by atoms with Crippen LogP contribution in [0.2, 0.25) is 0 Å². The molecule has 17 heavy (non-hydrogen) atoms. The molecular weight excluding hydrogens is 310 g/mol. The lowest BCUT2D eigenvalue weighted by molar-refractivity contribution is -0.170. The minimum Gasteiger partial charge on any atom is -0.392 e. The van der Waals surface area contributed by atoms with Crippen molar-refractivity contribution in [2.45, 2.75) is 13.8 Å². The molecule has 0 unspecified atom stereocenters. The second-order valence-electron chi connectivity index (χ2n) is 4.33. The average molecular weight is 324 g/mol. The van der Waals surface area contributed by atoms with Crippen molar-refractivity contribution in [1.29, 1.82) is 0 Å². The molecule has 0 aliphatic carbocycles. The van der Waals surface area contributed by atoms with Crippen molar-refractivity contribution < 1.29 is 14.3 Å². The molecule has 0 aliphatic rings. The summed E-state index contributed by atoms with van der Waals surface area (Å²) in [4.78, 5) is 23.4. The molecule has 7 heteroatoms. The van der Waals surface area contributed by atoms with Gasteiger partial charge in [-0.25, -0.2) is 0 Å². The van der Waals surface area contributed by atoms with Crippen LogP contribution in [0.3, 0.4) is 0 Å². The summed E-state index contributed by atoms with van der Waals surface area (Å²) >= 11 is 22.5. The molecule has 0 saturated heterocycles. The summed E-state index contributed by atoms with van der Waals surface area (Å²) in [7, 11) is 0. The van der Waals surface area contributed by atoms with Crippen LogP contribution in [0.15, 0.2) is 0 Å². The number of rotatable bonds is 6. The Morgan fingerprint density at radius 3 is 1.24 bits per heavy atom. The van der Waals surface area contributed by atoms with Gasteiger partial charge in [-0.15, -0.1) is 46.4 Å². The molecule has 0 spiro atoms. The molecule has 0 aromatic rings. The highest BCUT2D eigenvalue weighted by atomic mass is 35.5. The fraction of sp³-hybridized carbons (Fsp3) is 0.800. The zero-order chi connectivity index (χ0) is 13.7. The van der Waals surface area contributed by atoms with Crippen molar-refractivity contribution in [3.05, 3.63) is 0 Å². The van der Waals surface area contributed by atoms with E-state index in [1.54, 1.807) is 0 Å². The number of esters is 2. The van der Waals surface area contributed by atoms with Crippen LogP contribution in [0.5, 0.6) is 0 Å². The van der Waals surface area contributed by atoms with Crippen molar-refractivity contribution >= 4 is 58.3 Å². The molecule has 0 aromatic heterocycles. The van der Waals surface area contributed by atoms with Crippen molar-refractivity contribution in [2.75, 3.05) is 23.5 Å². The van der Waals surface area contributed by atoms with Crippen LogP contribution >= 0.6 is 46.4 Å². The minimum atomic E-state index is -1.10.